The fourth-order valence-electron chi connectivity index (χ4n) is 3.96. The lowest BCUT2D eigenvalue weighted by atomic mass is 10.0. The Kier molecular flexibility index (Phi) is 8.80. The molecule has 2 aromatic rings. The second kappa shape index (κ2) is 11.6. The Balaban J connectivity index is 1.66. The van der Waals surface area contributed by atoms with Crippen LogP contribution in [0.3, 0.4) is 0 Å². The molecule has 0 saturated carbocycles. The molecular formula is C23H34ClN5O4. The summed E-state index contributed by atoms with van der Waals surface area (Å²) in [6.07, 6.45) is 2.96. The highest BCUT2D eigenvalue weighted by Crippen LogP contribution is 2.25. The van der Waals surface area contributed by atoms with Crippen molar-refractivity contribution >= 4 is 29.3 Å². The number of halogens is 1. The zero-order chi connectivity index (χ0) is 24.0. The van der Waals surface area contributed by atoms with Gasteiger partial charge in [0.2, 0.25) is 0 Å². The van der Waals surface area contributed by atoms with E-state index >= 15 is 0 Å². The summed E-state index contributed by atoms with van der Waals surface area (Å²) in [4.78, 5) is 37.7. The van der Waals surface area contributed by atoms with Gasteiger partial charge in [-0.25, -0.2) is 9.78 Å². The van der Waals surface area contributed by atoms with Gasteiger partial charge in [0.25, 0.3) is 5.91 Å². The number of amides is 1. The van der Waals surface area contributed by atoms with Crippen LogP contribution in [-0.4, -0.2) is 65.3 Å². The summed E-state index contributed by atoms with van der Waals surface area (Å²) >= 11 is 6.08. The molecule has 1 aliphatic rings. The number of aromatic amines is 2. The summed E-state index contributed by atoms with van der Waals surface area (Å²) in [5.41, 5.74) is 2.06. The van der Waals surface area contributed by atoms with Crippen LogP contribution < -0.4 is 10.2 Å². The highest BCUT2D eigenvalue weighted by molar-refractivity contribution is 6.30. The van der Waals surface area contributed by atoms with Crippen molar-refractivity contribution in [2.24, 2.45) is 0 Å². The molecule has 0 aromatic carbocycles. The predicted octanol–water partition coefficient (Wildman–Crippen LogP) is 3.63. The molecule has 9 nitrogen and oxygen atoms in total. The Hall–Kier alpha value is -2.52. The summed E-state index contributed by atoms with van der Waals surface area (Å²) in [6.45, 7) is 10.0. The molecule has 3 N–H and O–H groups in total. The van der Waals surface area contributed by atoms with Gasteiger partial charge in [-0.3, -0.25) is 4.79 Å². The van der Waals surface area contributed by atoms with Crippen LogP contribution in [0.1, 0.15) is 72.4 Å². The number of unbranched alkanes of at least 4 members (excludes halogenated alkanes) is 1. The van der Waals surface area contributed by atoms with Gasteiger partial charge in [-0.1, -0.05) is 31.9 Å². The smallest absolute Gasteiger partial charge is 0.340 e. The number of aryl methyl sites for hydroxylation is 2. The summed E-state index contributed by atoms with van der Waals surface area (Å²) in [5, 5.41) is 3.37. The van der Waals surface area contributed by atoms with E-state index in [2.05, 4.69) is 32.1 Å². The first-order chi connectivity index (χ1) is 15.9. The van der Waals surface area contributed by atoms with Crippen LogP contribution in [0.4, 0.5) is 5.82 Å². The number of hydrogen-bond acceptors (Lipinski definition) is 6. The van der Waals surface area contributed by atoms with Crippen molar-refractivity contribution in [1.82, 2.24) is 20.3 Å². The molecule has 1 aliphatic heterocycles. The van der Waals surface area contributed by atoms with Crippen molar-refractivity contribution in [3.8, 4) is 0 Å². The lowest BCUT2D eigenvalue weighted by Crippen LogP contribution is -2.55. The van der Waals surface area contributed by atoms with Crippen LogP contribution in [-0.2, 0) is 15.9 Å². The van der Waals surface area contributed by atoms with Crippen molar-refractivity contribution in [2.45, 2.75) is 65.5 Å². The molecular weight excluding hydrogens is 446 g/mol. The molecule has 1 fully saturated rings. The van der Waals surface area contributed by atoms with E-state index in [1.165, 1.54) is 0 Å². The third-order valence-electron chi connectivity index (χ3n) is 5.85. The van der Waals surface area contributed by atoms with E-state index in [1.54, 1.807) is 0 Å². The van der Waals surface area contributed by atoms with Crippen molar-refractivity contribution in [3.05, 3.63) is 34.0 Å². The van der Waals surface area contributed by atoms with Gasteiger partial charge in [-0.2, -0.15) is 0 Å². The summed E-state index contributed by atoms with van der Waals surface area (Å²) in [5.74, 6) is 0.443. The minimum absolute atomic E-state index is 0.169. The average molecular weight is 480 g/mol. The molecule has 2 aromatic heterocycles. The quantitative estimate of drug-likeness (QED) is 0.354. The number of rotatable bonds is 10. The maximum absolute atomic E-state index is 12.7. The first-order valence-electron chi connectivity index (χ1n) is 11.7. The number of anilines is 1. The maximum Gasteiger partial charge on any atom is 0.340 e. The van der Waals surface area contributed by atoms with Gasteiger partial charge >= 0.3 is 5.97 Å². The third kappa shape index (κ3) is 6.09. The molecule has 0 aliphatic carbocycles. The Morgan fingerprint density at radius 2 is 2.09 bits per heavy atom. The minimum atomic E-state index is -0.310. The molecule has 1 amide bonds. The molecule has 2 atom stereocenters. The first-order valence-corrected chi connectivity index (χ1v) is 12.0. The molecule has 1 saturated heterocycles. The topological polar surface area (TPSA) is 112 Å². The molecule has 0 radical (unpaired) electrons. The van der Waals surface area contributed by atoms with Gasteiger partial charge in [0.05, 0.1) is 30.0 Å². The van der Waals surface area contributed by atoms with Crippen LogP contribution in [0.25, 0.3) is 0 Å². The number of piperidine rings is 1. The van der Waals surface area contributed by atoms with Crippen LogP contribution in [0.5, 0.6) is 0 Å². The maximum atomic E-state index is 12.7. The fourth-order valence-corrected chi connectivity index (χ4v) is 4.23. The molecule has 3 heterocycles. The summed E-state index contributed by atoms with van der Waals surface area (Å²) in [7, 11) is 0. The van der Waals surface area contributed by atoms with E-state index in [-0.39, 0.29) is 29.8 Å². The standard InChI is InChI=1S/C23H34ClN5O4/c1-5-8-11-33-23(31)15-12-19(25-14(15)4)29-10-9-17(18(13-29)32-7-3)27-22(30)21-26-16(6-2)20(24)28-21/h12,17-18,25H,5-11,13H2,1-4H3,(H,26,28)(H,27,30). The Morgan fingerprint density at radius 1 is 1.30 bits per heavy atom. The molecule has 182 valence electrons. The lowest BCUT2D eigenvalue weighted by Gasteiger charge is -2.39. The monoisotopic (exact) mass is 479 g/mol. The fraction of sp³-hybridized carbons (Fsp3) is 0.609. The SMILES string of the molecule is CCCCOC(=O)c1cc(N2CCC(NC(=O)c3nc(Cl)c(CC)[nH]3)C(OCC)C2)[nH]c1C. The molecule has 0 spiro atoms. The van der Waals surface area contributed by atoms with E-state index in [0.717, 1.165) is 30.0 Å². The van der Waals surface area contributed by atoms with Crippen molar-refractivity contribution < 1.29 is 19.1 Å². The highest BCUT2D eigenvalue weighted by atomic mass is 35.5. The Labute approximate surface area is 199 Å². The Bertz CT molecular complexity index is 957. The third-order valence-corrected chi connectivity index (χ3v) is 6.16. The predicted molar refractivity (Wildman–Crippen MR) is 127 cm³/mol. The highest BCUT2D eigenvalue weighted by Gasteiger charge is 2.33. The van der Waals surface area contributed by atoms with Gasteiger partial charge in [0, 0.05) is 25.4 Å². The zero-order valence-corrected chi connectivity index (χ0v) is 20.6. The van der Waals surface area contributed by atoms with E-state index in [9.17, 15) is 9.59 Å². The molecule has 10 heteroatoms. The second-order valence-corrected chi connectivity index (χ2v) is 8.56. The number of ether oxygens (including phenoxy) is 2. The van der Waals surface area contributed by atoms with Crippen LogP contribution >= 0.6 is 11.6 Å². The van der Waals surface area contributed by atoms with E-state index in [4.69, 9.17) is 21.1 Å². The number of esters is 1. The largest absolute Gasteiger partial charge is 0.462 e. The second-order valence-electron chi connectivity index (χ2n) is 8.20. The molecule has 0 bridgehead atoms. The first kappa shape index (κ1) is 25.1. The number of hydrogen-bond donors (Lipinski definition) is 3. The van der Waals surface area contributed by atoms with Crippen LogP contribution in [0.15, 0.2) is 6.07 Å². The van der Waals surface area contributed by atoms with Gasteiger partial charge in [0.15, 0.2) is 11.0 Å². The number of imidazole rings is 1. The average Bonchev–Trinajstić information content (AvgIpc) is 3.37. The minimum Gasteiger partial charge on any atom is -0.462 e. The number of nitrogens with one attached hydrogen (secondary N) is 3. The van der Waals surface area contributed by atoms with Gasteiger partial charge in [0.1, 0.15) is 5.82 Å². The van der Waals surface area contributed by atoms with Crippen LogP contribution in [0.2, 0.25) is 5.15 Å². The van der Waals surface area contributed by atoms with Crippen molar-refractivity contribution in [2.75, 3.05) is 31.2 Å². The number of H-pyrrole nitrogens is 2. The lowest BCUT2D eigenvalue weighted by molar-refractivity contribution is 0.0270. The van der Waals surface area contributed by atoms with Crippen molar-refractivity contribution in [1.29, 1.82) is 0 Å². The van der Waals surface area contributed by atoms with Gasteiger partial charge in [-0.15, -0.1) is 0 Å². The van der Waals surface area contributed by atoms with Gasteiger partial charge < -0.3 is 29.7 Å². The van der Waals surface area contributed by atoms with Crippen LogP contribution in [0, 0.1) is 6.92 Å². The number of aromatic nitrogens is 3. The summed E-state index contributed by atoms with van der Waals surface area (Å²) in [6, 6.07) is 1.67. The number of carbonyl (C=O) groups is 2. The molecule has 33 heavy (non-hydrogen) atoms. The normalized spacial score (nSPS) is 18.4. The van der Waals surface area contributed by atoms with E-state index in [0.29, 0.717) is 49.9 Å². The van der Waals surface area contributed by atoms with Gasteiger partial charge in [-0.05, 0) is 39.2 Å². The summed E-state index contributed by atoms with van der Waals surface area (Å²) < 4.78 is 11.3. The number of carbonyl (C=O) groups excluding carboxylic acids is 2. The van der Waals surface area contributed by atoms with Crippen molar-refractivity contribution in [3.63, 3.8) is 0 Å². The van der Waals surface area contributed by atoms with E-state index in [1.807, 2.05) is 26.8 Å². The van der Waals surface area contributed by atoms with E-state index < -0.39 is 0 Å². The Morgan fingerprint density at radius 3 is 2.76 bits per heavy atom. The number of nitrogens with zero attached hydrogens (tertiary/aromatic N) is 2. The molecule has 3 rings (SSSR count). The molecule has 2 unspecified atom stereocenters. The zero-order valence-electron chi connectivity index (χ0n) is 19.8.